The molecule has 2 N–H and O–H groups in total. The van der Waals surface area contributed by atoms with E-state index in [0.29, 0.717) is 0 Å². The Kier molecular flexibility index (Phi) is 7.65. The van der Waals surface area contributed by atoms with Crippen molar-refractivity contribution in [3.63, 3.8) is 0 Å². The molecule has 0 radical (unpaired) electrons. The molecule has 0 atom stereocenters. The first-order valence-corrected chi connectivity index (χ1v) is 6.95. The van der Waals surface area contributed by atoms with Gasteiger partial charge in [0.2, 0.25) is 0 Å². The maximum atomic E-state index is 12.8. The predicted octanol–water partition coefficient (Wildman–Crippen LogP) is 1.48. The van der Waals surface area contributed by atoms with Crippen molar-refractivity contribution in [1.82, 2.24) is 15.5 Å². The van der Waals surface area contributed by atoms with Gasteiger partial charge in [-0.1, -0.05) is 12.1 Å². The van der Waals surface area contributed by atoms with Gasteiger partial charge in [0.15, 0.2) is 5.96 Å². The van der Waals surface area contributed by atoms with Gasteiger partial charge in [-0.3, -0.25) is 4.99 Å². The Morgan fingerprint density at radius 2 is 1.80 bits per heavy atom. The summed E-state index contributed by atoms with van der Waals surface area (Å²) in [4.78, 5) is 6.33. The minimum atomic E-state index is -0.194. The molecular weight excluding hydrogens is 255 g/mol. The smallest absolute Gasteiger partial charge is 0.190 e. The van der Waals surface area contributed by atoms with E-state index in [9.17, 15) is 4.39 Å². The largest absolute Gasteiger partial charge is 0.356 e. The van der Waals surface area contributed by atoms with E-state index in [2.05, 4.69) is 34.6 Å². The molecule has 1 aromatic carbocycles. The highest BCUT2D eigenvalue weighted by molar-refractivity contribution is 5.79. The van der Waals surface area contributed by atoms with E-state index in [4.69, 9.17) is 0 Å². The van der Waals surface area contributed by atoms with Gasteiger partial charge < -0.3 is 15.5 Å². The Morgan fingerprint density at radius 3 is 2.40 bits per heavy atom. The monoisotopic (exact) mass is 280 g/mol. The first-order valence-electron chi connectivity index (χ1n) is 6.95. The zero-order chi connectivity index (χ0) is 14.8. The molecule has 5 heteroatoms. The molecule has 0 spiro atoms. The number of aliphatic imine (C=N–C) groups is 1. The number of nitrogens with one attached hydrogen (secondary N) is 2. The Balaban J connectivity index is 2.19. The average Bonchev–Trinajstić information content (AvgIpc) is 2.43. The first-order chi connectivity index (χ1) is 9.61. The lowest BCUT2D eigenvalue weighted by Crippen LogP contribution is -2.39. The van der Waals surface area contributed by atoms with Gasteiger partial charge in [0.1, 0.15) is 5.82 Å². The van der Waals surface area contributed by atoms with E-state index >= 15 is 0 Å². The molecule has 0 aromatic heterocycles. The topological polar surface area (TPSA) is 39.7 Å². The van der Waals surface area contributed by atoms with Crippen molar-refractivity contribution in [1.29, 1.82) is 0 Å². The quantitative estimate of drug-likeness (QED) is 0.451. The summed E-state index contributed by atoms with van der Waals surface area (Å²) in [5.74, 6) is 0.617. The molecule has 20 heavy (non-hydrogen) atoms. The van der Waals surface area contributed by atoms with Gasteiger partial charge in [0.25, 0.3) is 0 Å². The molecule has 0 bridgehead atoms. The van der Waals surface area contributed by atoms with Crippen LogP contribution < -0.4 is 10.6 Å². The molecule has 0 amide bonds. The van der Waals surface area contributed by atoms with Crippen LogP contribution in [0.5, 0.6) is 0 Å². The minimum absolute atomic E-state index is 0.194. The standard InChI is InChI=1S/C15H25FN4/c1-17-15(18-10-4-12-20(2)3)19-11-9-13-5-7-14(16)8-6-13/h5-8H,4,9-12H2,1-3H3,(H2,17,18,19). The van der Waals surface area contributed by atoms with Crippen LogP contribution in [0.1, 0.15) is 12.0 Å². The van der Waals surface area contributed by atoms with Crippen LogP contribution in [0.25, 0.3) is 0 Å². The number of halogens is 1. The molecular formula is C15H25FN4. The second kappa shape index (κ2) is 9.31. The van der Waals surface area contributed by atoms with Crippen LogP contribution in [0.3, 0.4) is 0 Å². The Bertz CT molecular complexity index is 401. The predicted molar refractivity (Wildman–Crippen MR) is 82.6 cm³/mol. The maximum Gasteiger partial charge on any atom is 0.190 e. The normalized spacial score (nSPS) is 11.8. The summed E-state index contributed by atoms with van der Waals surface area (Å²) in [6, 6.07) is 6.60. The fraction of sp³-hybridized carbons (Fsp3) is 0.533. The fourth-order valence-corrected chi connectivity index (χ4v) is 1.80. The second-order valence-electron chi connectivity index (χ2n) is 4.96. The molecule has 1 aromatic rings. The van der Waals surface area contributed by atoms with Crippen molar-refractivity contribution >= 4 is 5.96 Å². The number of rotatable bonds is 7. The van der Waals surface area contributed by atoms with Gasteiger partial charge in [-0.2, -0.15) is 0 Å². The van der Waals surface area contributed by atoms with Crippen molar-refractivity contribution < 1.29 is 4.39 Å². The van der Waals surface area contributed by atoms with Crippen LogP contribution in [0.15, 0.2) is 29.3 Å². The lowest BCUT2D eigenvalue weighted by Gasteiger charge is -2.13. The molecule has 0 saturated carbocycles. The molecule has 1 rings (SSSR count). The van der Waals surface area contributed by atoms with Gasteiger partial charge in [-0.25, -0.2) is 4.39 Å². The summed E-state index contributed by atoms with van der Waals surface area (Å²) >= 11 is 0. The Morgan fingerprint density at radius 1 is 1.15 bits per heavy atom. The number of guanidine groups is 1. The van der Waals surface area contributed by atoms with Gasteiger partial charge in [-0.15, -0.1) is 0 Å². The zero-order valence-electron chi connectivity index (χ0n) is 12.6. The van der Waals surface area contributed by atoms with E-state index in [1.807, 2.05) is 12.1 Å². The lowest BCUT2D eigenvalue weighted by molar-refractivity contribution is 0.399. The summed E-state index contributed by atoms with van der Waals surface area (Å²) in [7, 11) is 5.89. The maximum absolute atomic E-state index is 12.8. The Labute approximate surface area is 121 Å². The van der Waals surface area contributed by atoms with E-state index in [1.165, 1.54) is 12.1 Å². The lowest BCUT2D eigenvalue weighted by atomic mass is 10.1. The molecule has 4 nitrogen and oxygen atoms in total. The third kappa shape index (κ3) is 7.09. The third-order valence-electron chi connectivity index (χ3n) is 2.92. The number of hydrogen-bond acceptors (Lipinski definition) is 2. The molecule has 112 valence electrons. The zero-order valence-corrected chi connectivity index (χ0v) is 12.6. The summed E-state index contributed by atoms with van der Waals surface area (Å²) in [5.41, 5.74) is 1.11. The van der Waals surface area contributed by atoms with Crippen LogP contribution >= 0.6 is 0 Å². The van der Waals surface area contributed by atoms with Crippen molar-refractivity contribution in [3.05, 3.63) is 35.6 Å². The van der Waals surface area contributed by atoms with Crippen LogP contribution in [-0.2, 0) is 6.42 Å². The van der Waals surface area contributed by atoms with E-state index in [-0.39, 0.29) is 5.82 Å². The molecule has 0 aliphatic rings. The van der Waals surface area contributed by atoms with E-state index in [0.717, 1.165) is 44.0 Å². The summed E-state index contributed by atoms with van der Waals surface area (Å²) in [6.45, 7) is 2.73. The number of benzene rings is 1. The molecule has 0 heterocycles. The van der Waals surface area contributed by atoms with Crippen LogP contribution in [0.4, 0.5) is 4.39 Å². The highest BCUT2D eigenvalue weighted by Gasteiger charge is 1.98. The highest BCUT2D eigenvalue weighted by atomic mass is 19.1. The SMILES string of the molecule is CN=C(NCCCN(C)C)NCCc1ccc(F)cc1. The van der Waals surface area contributed by atoms with Crippen molar-refractivity contribution in [2.45, 2.75) is 12.8 Å². The second-order valence-corrected chi connectivity index (χ2v) is 4.96. The third-order valence-corrected chi connectivity index (χ3v) is 2.92. The summed E-state index contributed by atoms with van der Waals surface area (Å²) in [5, 5.41) is 6.52. The molecule has 0 aliphatic heterocycles. The molecule has 0 fully saturated rings. The van der Waals surface area contributed by atoms with E-state index < -0.39 is 0 Å². The van der Waals surface area contributed by atoms with Gasteiger partial charge in [0.05, 0.1) is 0 Å². The average molecular weight is 280 g/mol. The fourth-order valence-electron chi connectivity index (χ4n) is 1.80. The van der Waals surface area contributed by atoms with Gasteiger partial charge in [-0.05, 0) is 51.2 Å². The Hall–Kier alpha value is -1.62. The molecule has 0 aliphatic carbocycles. The molecule has 0 saturated heterocycles. The summed E-state index contributed by atoms with van der Waals surface area (Å²) in [6.07, 6.45) is 1.92. The van der Waals surface area contributed by atoms with Crippen molar-refractivity contribution in [2.75, 3.05) is 40.8 Å². The number of nitrogens with zero attached hydrogens (tertiary/aromatic N) is 2. The number of hydrogen-bond donors (Lipinski definition) is 2. The van der Waals surface area contributed by atoms with Crippen LogP contribution in [0, 0.1) is 5.82 Å². The van der Waals surface area contributed by atoms with Gasteiger partial charge in [0, 0.05) is 20.1 Å². The highest BCUT2D eigenvalue weighted by Crippen LogP contribution is 2.02. The van der Waals surface area contributed by atoms with Crippen molar-refractivity contribution in [3.8, 4) is 0 Å². The van der Waals surface area contributed by atoms with Gasteiger partial charge >= 0.3 is 0 Å². The molecule has 0 unspecified atom stereocenters. The van der Waals surface area contributed by atoms with Crippen LogP contribution in [0.2, 0.25) is 0 Å². The van der Waals surface area contributed by atoms with Crippen molar-refractivity contribution in [2.24, 2.45) is 4.99 Å². The summed E-state index contributed by atoms with van der Waals surface area (Å²) < 4.78 is 12.8. The minimum Gasteiger partial charge on any atom is -0.356 e. The van der Waals surface area contributed by atoms with Crippen LogP contribution in [-0.4, -0.2) is 51.6 Å². The first kappa shape index (κ1) is 16.4. The van der Waals surface area contributed by atoms with E-state index in [1.54, 1.807) is 7.05 Å².